The van der Waals surface area contributed by atoms with E-state index in [1.807, 2.05) is 0 Å². The fourth-order valence-corrected chi connectivity index (χ4v) is 3.96. The Hall–Kier alpha value is -3.87. The summed E-state index contributed by atoms with van der Waals surface area (Å²) in [7, 11) is 0. The van der Waals surface area contributed by atoms with Gasteiger partial charge in [-0.05, 0) is 48.9 Å². The molecular weight excluding hydrogens is 596 g/mol. The summed E-state index contributed by atoms with van der Waals surface area (Å²) in [5.74, 6) is -2.15. The Morgan fingerprint density at radius 2 is 1.64 bits per heavy atom. The lowest BCUT2D eigenvalue weighted by Gasteiger charge is -2.18. The first-order valence-electron chi connectivity index (χ1n) is 11.3. The predicted molar refractivity (Wildman–Crippen MR) is 131 cm³/mol. The number of halogens is 7. The number of para-hydroxylation sites is 1. The molecule has 0 bridgehead atoms. The van der Waals surface area contributed by atoms with Crippen molar-refractivity contribution in [2.45, 2.75) is 25.9 Å². The summed E-state index contributed by atoms with van der Waals surface area (Å²) in [6, 6.07) is 13.8. The molecule has 204 valence electrons. The van der Waals surface area contributed by atoms with Gasteiger partial charge in [-0.25, -0.2) is 14.5 Å². The summed E-state index contributed by atoms with van der Waals surface area (Å²) < 4.78 is 95.0. The second-order valence-corrected chi connectivity index (χ2v) is 8.93. The average Bonchev–Trinajstić information content (AvgIpc) is 3.34. The Kier molecular flexibility index (Phi) is 8.00. The molecule has 6 nitrogen and oxygen atoms in total. The number of pyridine rings is 1. The van der Waals surface area contributed by atoms with Crippen molar-refractivity contribution in [1.82, 2.24) is 14.8 Å². The van der Waals surface area contributed by atoms with E-state index in [4.69, 9.17) is 9.47 Å². The SMILES string of the molecule is CCOC(=O)c1cnn(-c2cccc(-c3cccc(C(F)(F)F)c3OCc3ccc(Br)cc3)n2)c1C(F)(F)F. The van der Waals surface area contributed by atoms with Crippen LogP contribution in [0.15, 0.2) is 71.3 Å². The van der Waals surface area contributed by atoms with Gasteiger partial charge in [-0.2, -0.15) is 31.4 Å². The Balaban J connectivity index is 1.81. The van der Waals surface area contributed by atoms with Crippen LogP contribution in [0, 0.1) is 0 Å². The first-order chi connectivity index (χ1) is 18.4. The topological polar surface area (TPSA) is 66.2 Å². The third-order valence-electron chi connectivity index (χ3n) is 5.38. The van der Waals surface area contributed by atoms with E-state index in [9.17, 15) is 31.1 Å². The zero-order chi connectivity index (χ0) is 28.4. The third-order valence-corrected chi connectivity index (χ3v) is 5.91. The van der Waals surface area contributed by atoms with Gasteiger partial charge in [0.1, 0.15) is 17.9 Å². The van der Waals surface area contributed by atoms with Gasteiger partial charge in [0.15, 0.2) is 11.5 Å². The number of hydrogen-bond donors (Lipinski definition) is 0. The van der Waals surface area contributed by atoms with Crippen LogP contribution in [0.5, 0.6) is 5.75 Å². The minimum Gasteiger partial charge on any atom is -0.488 e. The lowest BCUT2D eigenvalue weighted by atomic mass is 10.0. The molecule has 2 aromatic carbocycles. The van der Waals surface area contributed by atoms with E-state index in [0.29, 0.717) is 16.4 Å². The van der Waals surface area contributed by atoms with Gasteiger partial charge in [0.2, 0.25) is 0 Å². The van der Waals surface area contributed by atoms with Crippen molar-refractivity contribution in [1.29, 1.82) is 0 Å². The number of ether oxygens (including phenoxy) is 2. The summed E-state index contributed by atoms with van der Waals surface area (Å²) in [4.78, 5) is 16.3. The Morgan fingerprint density at radius 3 is 2.28 bits per heavy atom. The van der Waals surface area contributed by atoms with E-state index >= 15 is 0 Å². The molecule has 0 aliphatic carbocycles. The van der Waals surface area contributed by atoms with Crippen molar-refractivity contribution in [3.05, 3.63) is 93.7 Å². The lowest BCUT2D eigenvalue weighted by Crippen LogP contribution is -2.19. The molecule has 0 saturated carbocycles. The molecule has 0 aliphatic rings. The summed E-state index contributed by atoms with van der Waals surface area (Å²) >= 11 is 3.28. The van der Waals surface area contributed by atoms with Crippen LogP contribution in [-0.2, 0) is 23.7 Å². The zero-order valence-corrected chi connectivity index (χ0v) is 21.6. The molecule has 0 N–H and O–H groups in total. The van der Waals surface area contributed by atoms with Crippen molar-refractivity contribution in [3.63, 3.8) is 0 Å². The molecule has 2 heterocycles. The molecular formula is C26H18BrF6N3O3. The monoisotopic (exact) mass is 613 g/mol. The Bertz CT molecular complexity index is 1480. The van der Waals surface area contributed by atoms with Crippen LogP contribution >= 0.6 is 15.9 Å². The summed E-state index contributed by atoms with van der Waals surface area (Å²) in [5, 5.41) is 3.67. The zero-order valence-electron chi connectivity index (χ0n) is 20.0. The predicted octanol–water partition coefficient (Wildman–Crippen LogP) is 7.49. The van der Waals surface area contributed by atoms with Crippen LogP contribution in [0.4, 0.5) is 26.3 Å². The number of aromatic nitrogens is 3. The van der Waals surface area contributed by atoms with Crippen LogP contribution in [0.25, 0.3) is 17.1 Å². The lowest BCUT2D eigenvalue weighted by molar-refractivity contribution is -0.143. The molecule has 13 heteroatoms. The van der Waals surface area contributed by atoms with Crippen molar-refractivity contribution >= 4 is 21.9 Å². The maximum atomic E-state index is 13.9. The van der Waals surface area contributed by atoms with Gasteiger partial charge in [-0.1, -0.05) is 40.2 Å². The molecule has 4 rings (SSSR count). The van der Waals surface area contributed by atoms with Crippen molar-refractivity contribution in [2.24, 2.45) is 0 Å². The molecule has 0 radical (unpaired) electrons. The van der Waals surface area contributed by atoms with Crippen LogP contribution in [-0.4, -0.2) is 27.3 Å². The van der Waals surface area contributed by atoms with Gasteiger partial charge in [0, 0.05) is 10.0 Å². The highest BCUT2D eigenvalue weighted by Crippen LogP contribution is 2.42. The van der Waals surface area contributed by atoms with E-state index in [1.54, 1.807) is 24.3 Å². The van der Waals surface area contributed by atoms with Crippen molar-refractivity contribution < 1.29 is 40.6 Å². The molecule has 0 amide bonds. The highest BCUT2D eigenvalue weighted by molar-refractivity contribution is 9.10. The van der Waals surface area contributed by atoms with E-state index in [1.165, 1.54) is 31.2 Å². The van der Waals surface area contributed by atoms with Gasteiger partial charge in [-0.15, -0.1) is 0 Å². The van der Waals surface area contributed by atoms with Gasteiger partial charge in [0.25, 0.3) is 0 Å². The smallest absolute Gasteiger partial charge is 0.434 e. The fourth-order valence-electron chi connectivity index (χ4n) is 3.70. The van der Waals surface area contributed by atoms with Gasteiger partial charge in [0.05, 0.1) is 24.1 Å². The summed E-state index contributed by atoms with van der Waals surface area (Å²) in [5.41, 5.74) is -2.96. The van der Waals surface area contributed by atoms with E-state index in [-0.39, 0.29) is 30.3 Å². The number of alkyl halides is 6. The maximum Gasteiger partial charge on any atom is 0.434 e. The number of nitrogens with zero attached hydrogens (tertiary/aromatic N) is 3. The normalized spacial score (nSPS) is 11.9. The van der Waals surface area contributed by atoms with Gasteiger partial charge < -0.3 is 9.47 Å². The highest BCUT2D eigenvalue weighted by atomic mass is 79.9. The molecule has 4 aromatic rings. The molecule has 0 spiro atoms. The molecule has 0 atom stereocenters. The Morgan fingerprint density at radius 1 is 0.949 bits per heavy atom. The number of carbonyl (C=O) groups is 1. The van der Waals surface area contributed by atoms with E-state index < -0.39 is 40.9 Å². The summed E-state index contributed by atoms with van der Waals surface area (Å²) in [6.07, 6.45) is -9.11. The maximum absolute atomic E-state index is 13.9. The van der Waals surface area contributed by atoms with Gasteiger partial charge in [-0.3, -0.25) is 0 Å². The van der Waals surface area contributed by atoms with Crippen LogP contribution in [0.1, 0.15) is 34.1 Å². The van der Waals surface area contributed by atoms with Gasteiger partial charge >= 0.3 is 18.3 Å². The largest absolute Gasteiger partial charge is 0.488 e. The van der Waals surface area contributed by atoms with Crippen LogP contribution in [0.2, 0.25) is 0 Å². The first-order valence-corrected chi connectivity index (χ1v) is 12.1. The minimum absolute atomic E-state index is 0.102. The number of carbonyl (C=O) groups excluding carboxylic acids is 1. The van der Waals surface area contributed by atoms with Crippen LogP contribution < -0.4 is 4.74 Å². The highest BCUT2D eigenvalue weighted by Gasteiger charge is 2.41. The third kappa shape index (κ3) is 6.24. The van der Waals surface area contributed by atoms with E-state index in [2.05, 4.69) is 26.0 Å². The molecule has 0 saturated heterocycles. The van der Waals surface area contributed by atoms with Crippen LogP contribution in [0.3, 0.4) is 0 Å². The number of rotatable bonds is 7. The van der Waals surface area contributed by atoms with Crippen molar-refractivity contribution in [2.75, 3.05) is 6.61 Å². The Labute approximate surface area is 226 Å². The average molecular weight is 614 g/mol. The second-order valence-electron chi connectivity index (χ2n) is 8.01. The number of hydrogen-bond acceptors (Lipinski definition) is 5. The van der Waals surface area contributed by atoms with Crippen molar-refractivity contribution in [3.8, 4) is 22.8 Å². The first kappa shape index (κ1) is 28.1. The molecule has 0 aliphatic heterocycles. The summed E-state index contributed by atoms with van der Waals surface area (Å²) in [6.45, 7) is 1.06. The fraction of sp³-hybridized carbons (Fsp3) is 0.192. The number of esters is 1. The minimum atomic E-state index is -5.02. The quantitative estimate of drug-likeness (QED) is 0.160. The second kappa shape index (κ2) is 11.1. The standard InChI is InChI=1S/C26H18BrF6N3O3/c1-2-38-24(37)18-13-34-36(23(18)26(31,32)33)21-8-4-7-20(35-21)17-5-3-6-19(25(28,29)30)22(17)39-14-15-9-11-16(27)12-10-15/h3-13H,2,14H2,1H3. The molecule has 0 fully saturated rings. The molecule has 2 aromatic heterocycles. The molecule has 0 unspecified atom stereocenters. The molecule has 39 heavy (non-hydrogen) atoms. The van der Waals surface area contributed by atoms with E-state index in [0.717, 1.165) is 16.6 Å². The number of benzene rings is 2.